The molecule has 0 saturated heterocycles. The number of ether oxygens (including phenoxy) is 1. The van der Waals surface area contributed by atoms with E-state index in [0.717, 1.165) is 0 Å². The second-order valence-electron chi connectivity index (χ2n) is 5.63. The molecule has 0 amide bonds. The van der Waals surface area contributed by atoms with Crippen molar-refractivity contribution in [3.8, 4) is 0 Å². The zero-order valence-electron chi connectivity index (χ0n) is 11.5. The Morgan fingerprint density at radius 2 is 1.83 bits per heavy atom. The Kier molecular flexibility index (Phi) is 3.44. The van der Waals surface area contributed by atoms with Crippen LogP contribution < -0.4 is 0 Å². The molecule has 0 saturated carbocycles. The summed E-state index contributed by atoms with van der Waals surface area (Å²) in [7, 11) is -1.45. The fourth-order valence-electron chi connectivity index (χ4n) is 2.46. The Bertz CT molecular complexity index is 483. The van der Waals surface area contributed by atoms with Crippen LogP contribution in [-0.4, -0.2) is 20.7 Å². The number of rotatable bonds is 4. The smallest absolute Gasteiger partial charge is 0.317 e. The van der Waals surface area contributed by atoms with Crippen molar-refractivity contribution in [2.75, 3.05) is 6.61 Å². The standard InChI is InChI=1S/C15H20O2Si/c1-5-17-15(16)13-12(14(13)18(2,3)4)11-9-7-6-8-10-11/h6-10,13H,5H2,1-4H3/t13-/m1/s1. The molecular weight excluding hydrogens is 240 g/mol. The highest BCUT2D eigenvalue weighted by Gasteiger charge is 2.49. The van der Waals surface area contributed by atoms with Gasteiger partial charge in [0.25, 0.3) is 0 Å². The molecule has 0 aliphatic heterocycles. The van der Waals surface area contributed by atoms with Crippen LogP contribution in [0.2, 0.25) is 19.6 Å². The molecule has 0 heterocycles. The fourth-order valence-corrected chi connectivity index (χ4v) is 4.61. The van der Waals surface area contributed by atoms with Crippen LogP contribution >= 0.6 is 0 Å². The van der Waals surface area contributed by atoms with Crippen molar-refractivity contribution in [3.63, 3.8) is 0 Å². The third-order valence-electron chi connectivity index (χ3n) is 3.20. The molecule has 0 spiro atoms. The van der Waals surface area contributed by atoms with E-state index in [1.165, 1.54) is 16.3 Å². The lowest BCUT2D eigenvalue weighted by Crippen LogP contribution is -2.23. The minimum atomic E-state index is -1.45. The number of carbonyl (C=O) groups excluding carboxylic acids is 1. The molecule has 1 aliphatic rings. The lowest BCUT2D eigenvalue weighted by atomic mass is 10.1. The summed E-state index contributed by atoms with van der Waals surface area (Å²) in [4.78, 5) is 12.0. The summed E-state index contributed by atoms with van der Waals surface area (Å²) in [6.07, 6.45) is 0. The summed E-state index contributed by atoms with van der Waals surface area (Å²) in [5, 5.41) is 1.35. The Balaban J connectivity index is 2.30. The number of benzene rings is 1. The summed E-state index contributed by atoms with van der Waals surface area (Å²) in [5.41, 5.74) is 2.39. The SMILES string of the molecule is CCOC(=O)[C@@H]1C(c2ccccc2)=C1[Si](C)(C)C. The molecule has 96 valence electrons. The van der Waals surface area contributed by atoms with Crippen LogP contribution in [0.15, 0.2) is 35.5 Å². The third kappa shape index (κ3) is 2.41. The van der Waals surface area contributed by atoms with Crippen LogP contribution in [0.25, 0.3) is 5.57 Å². The van der Waals surface area contributed by atoms with Crippen LogP contribution in [-0.2, 0) is 9.53 Å². The minimum Gasteiger partial charge on any atom is -0.465 e. The molecule has 0 unspecified atom stereocenters. The van der Waals surface area contributed by atoms with Gasteiger partial charge in [-0.25, -0.2) is 0 Å². The van der Waals surface area contributed by atoms with Crippen LogP contribution in [0.4, 0.5) is 0 Å². The van der Waals surface area contributed by atoms with Crippen molar-refractivity contribution in [1.29, 1.82) is 0 Å². The average molecular weight is 260 g/mol. The third-order valence-corrected chi connectivity index (χ3v) is 5.37. The number of esters is 1. The van der Waals surface area contributed by atoms with Gasteiger partial charge < -0.3 is 4.74 Å². The summed E-state index contributed by atoms with van der Waals surface area (Å²) >= 11 is 0. The first-order valence-electron chi connectivity index (χ1n) is 6.43. The molecule has 0 aromatic heterocycles. The molecule has 0 fully saturated rings. The maximum Gasteiger partial charge on any atom is 0.317 e. The molecule has 0 radical (unpaired) electrons. The van der Waals surface area contributed by atoms with Gasteiger partial charge >= 0.3 is 5.97 Å². The van der Waals surface area contributed by atoms with Crippen molar-refractivity contribution in [3.05, 3.63) is 41.1 Å². The van der Waals surface area contributed by atoms with Crippen molar-refractivity contribution in [2.24, 2.45) is 5.92 Å². The van der Waals surface area contributed by atoms with Crippen molar-refractivity contribution in [2.45, 2.75) is 26.6 Å². The molecular formula is C15H20O2Si. The van der Waals surface area contributed by atoms with Crippen LogP contribution in [0.3, 0.4) is 0 Å². The number of hydrogen-bond donors (Lipinski definition) is 0. The molecule has 1 atom stereocenters. The maximum atomic E-state index is 12.0. The lowest BCUT2D eigenvalue weighted by Gasteiger charge is -2.12. The largest absolute Gasteiger partial charge is 0.465 e. The Hall–Kier alpha value is -1.35. The predicted octanol–water partition coefficient (Wildman–Crippen LogP) is 3.51. The number of hydrogen-bond acceptors (Lipinski definition) is 2. The van der Waals surface area contributed by atoms with E-state index in [0.29, 0.717) is 6.61 Å². The van der Waals surface area contributed by atoms with Gasteiger partial charge in [0, 0.05) is 0 Å². The molecule has 2 rings (SSSR count). The zero-order valence-corrected chi connectivity index (χ0v) is 12.5. The molecule has 18 heavy (non-hydrogen) atoms. The summed E-state index contributed by atoms with van der Waals surface area (Å²) < 4.78 is 5.18. The molecule has 1 aromatic carbocycles. The van der Waals surface area contributed by atoms with E-state index in [1.807, 2.05) is 25.1 Å². The average Bonchev–Trinajstić information content (AvgIpc) is 3.05. The van der Waals surface area contributed by atoms with Gasteiger partial charge in [-0.15, -0.1) is 0 Å². The first kappa shape index (κ1) is 13.1. The molecule has 3 heteroatoms. The van der Waals surface area contributed by atoms with Crippen molar-refractivity contribution in [1.82, 2.24) is 0 Å². The summed E-state index contributed by atoms with van der Waals surface area (Å²) in [5.74, 6) is -0.146. The Labute approximate surface area is 110 Å². The lowest BCUT2D eigenvalue weighted by molar-refractivity contribution is -0.143. The first-order valence-corrected chi connectivity index (χ1v) is 9.93. The normalized spacial score (nSPS) is 18.8. The van der Waals surface area contributed by atoms with Crippen molar-refractivity contribution < 1.29 is 9.53 Å². The quantitative estimate of drug-likeness (QED) is 0.611. The van der Waals surface area contributed by atoms with Crippen LogP contribution in [0.1, 0.15) is 12.5 Å². The highest BCUT2D eigenvalue weighted by atomic mass is 28.3. The van der Waals surface area contributed by atoms with Crippen molar-refractivity contribution >= 4 is 19.6 Å². The maximum absolute atomic E-state index is 12.0. The zero-order chi connectivity index (χ0) is 13.3. The molecule has 0 bridgehead atoms. The summed E-state index contributed by atoms with van der Waals surface area (Å²) in [6.45, 7) is 9.16. The van der Waals surface area contributed by atoms with E-state index < -0.39 is 8.07 Å². The fraction of sp³-hybridized carbons (Fsp3) is 0.400. The minimum absolute atomic E-state index is 0.0704. The van der Waals surface area contributed by atoms with Gasteiger partial charge in [0.05, 0.1) is 14.7 Å². The van der Waals surface area contributed by atoms with Gasteiger partial charge in [-0.2, -0.15) is 0 Å². The van der Waals surface area contributed by atoms with E-state index in [9.17, 15) is 4.79 Å². The van der Waals surface area contributed by atoms with E-state index in [1.54, 1.807) is 0 Å². The van der Waals surface area contributed by atoms with Gasteiger partial charge in [-0.3, -0.25) is 4.79 Å². The topological polar surface area (TPSA) is 26.3 Å². The summed E-state index contributed by atoms with van der Waals surface area (Å²) in [6, 6.07) is 10.2. The monoisotopic (exact) mass is 260 g/mol. The number of carbonyl (C=O) groups is 1. The predicted molar refractivity (Wildman–Crippen MR) is 76.8 cm³/mol. The van der Waals surface area contributed by atoms with Gasteiger partial charge in [0.2, 0.25) is 0 Å². The van der Waals surface area contributed by atoms with E-state index >= 15 is 0 Å². The van der Waals surface area contributed by atoms with Gasteiger partial charge in [-0.1, -0.05) is 55.2 Å². The van der Waals surface area contributed by atoms with E-state index in [2.05, 4.69) is 31.8 Å². The Morgan fingerprint density at radius 1 is 1.22 bits per heavy atom. The molecule has 1 aliphatic carbocycles. The highest BCUT2D eigenvalue weighted by Crippen LogP contribution is 2.52. The Morgan fingerprint density at radius 3 is 2.33 bits per heavy atom. The van der Waals surface area contributed by atoms with Gasteiger partial charge in [0.15, 0.2) is 0 Å². The second kappa shape index (κ2) is 4.73. The molecule has 2 nitrogen and oxygen atoms in total. The van der Waals surface area contributed by atoms with E-state index in [-0.39, 0.29) is 11.9 Å². The molecule has 0 N–H and O–H groups in total. The van der Waals surface area contributed by atoms with Gasteiger partial charge in [0.1, 0.15) is 5.92 Å². The van der Waals surface area contributed by atoms with Crippen LogP contribution in [0, 0.1) is 5.92 Å². The first-order chi connectivity index (χ1) is 8.46. The second-order valence-corrected chi connectivity index (χ2v) is 10.7. The van der Waals surface area contributed by atoms with Gasteiger partial charge in [-0.05, 0) is 18.1 Å². The molecule has 1 aromatic rings. The van der Waals surface area contributed by atoms with Crippen LogP contribution in [0.5, 0.6) is 0 Å². The highest BCUT2D eigenvalue weighted by molar-refractivity contribution is 6.86. The van der Waals surface area contributed by atoms with E-state index in [4.69, 9.17) is 4.74 Å².